The molecule has 2 aromatic rings. The van der Waals surface area contributed by atoms with Crippen LogP contribution in [0.3, 0.4) is 0 Å². The van der Waals surface area contributed by atoms with E-state index in [1.165, 1.54) is 0 Å². The molecule has 0 unspecified atom stereocenters. The maximum atomic E-state index is 11.9. The van der Waals surface area contributed by atoms with Crippen LogP contribution in [0.15, 0.2) is 36.7 Å². The molecule has 0 saturated carbocycles. The summed E-state index contributed by atoms with van der Waals surface area (Å²) in [7, 11) is 0. The Morgan fingerprint density at radius 1 is 1.26 bits per heavy atom. The number of nitrogens with one attached hydrogen (secondary N) is 1. The molecule has 100 valence electrons. The molecule has 0 aliphatic rings. The monoisotopic (exact) mass is 388 g/mol. The van der Waals surface area contributed by atoms with Crippen molar-refractivity contribution in [1.82, 2.24) is 9.55 Å². The Hall–Kier alpha value is -1.34. The third-order valence-electron chi connectivity index (χ3n) is 2.69. The Morgan fingerprint density at radius 2 is 1.84 bits per heavy atom. The number of aromatic amines is 1. The van der Waals surface area contributed by atoms with Gasteiger partial charge in [0, 0.05) is 8.95 Å². The molecule has 2 rings (SSSR count). The van der Waals surface area contributed by atoms with Crippen molar-refractivity contribution in [3.05, 3.63) is 53.5 Å². The van der Waals surface area contributed by atoms with Gasteiger partial charge >= 0.3 is 5.69 Å². The van der Waals surface area contributed by atoms with Gasteiger partial charge in [0.1, 0.15) is 0 Å². The van der Waals surface area contributed by atoms with Gasteiger partial charge < -0.3 is 5.11 Å². The number of hydrogen-bond donors (Lipinski definition) is 2. The standard InChI is InChI=1S/C12H10Br2N2O3/c1-2-6-10(17)15-12(19)16(11(6)18)9-7(13)4-3-5-8(9)14/h3-5,18H,2H2,1H3,(H,15,17,19). The van der Waals surface area contributed by atoms with E-state index in [2.05, 4.69) is 36.8 Å². The van der Waals surface area contributed by atoms with E-state index in [-0.39, 0.29) is 11.4 Å². The summed E-state index contributed by atoms with van der Waals surface area (Å²) in [5.41, 5.74) is -0.644. The molecule has 7 heteroatoms. The summed E-state index contributed by atoms with van der Waals surface area (Å²) < 4.78 is 2.30. The highest BCUT2D eigenvalue weighted by molar-refractivity contribution is 9.11. The summed E-state index contributed by atoms with van der Waals surface area (Å²) in [6.45, 7) is 1.73. The van der Waals surface area contributed by atoms with Gasteiger partial charge in [0.15, 0.2) is 0 Å². The fourth-order valence-corrected chi connectivity index (χ4v) is 3.14. The fraction of sp³-hybridized carbons (Fsp3) is 0.167. The largest absolute Gasteiger partial charge is 0.494 e. The number of nitrogens with zero attached hydrogens (tertiary/aromatic N) is 1. The zero-order valence-corrected chi connectivity index (χ0v) is 13.1. The average molecular weight is 390 g/mol. The predicted molar refractivity (Wildman–Crippen MR) is 79.1 cm³/mol. The molecule has 0 spiro atoms. The molecule has 5 nitrogen and oxygen atoms in total. The minimum atomic E-state index is -0.688. The lowest BCUT2D eigenvalue weighted by Crippen LogP contribution is -2.31. The maximum absolute atomic E-state index is 11.9. The minimum Gasteiger partial charge on any atom is -0.494 e. The van der Waals surface area contributed by atoms with Crippen molar-refractivity contribution in [1.29, 1.82) is 0 Å². The first-order chi connectivity index (χ1) is 8.97. The van der Waals surface area contributed by atoms with Gasteiger partial charge in [0.2, 0.25) is 5.88 Å². The second-order valence-corrected chi connectivity index (χ2v) is 5.53. The number of halogens is 2. The summed E-state index contributed by atoms with van der Waals surface area (Å²) in [5.74, 6) is -0.344. The van der Waals surface area contributed by atoms with E-state index < -0.39 is 11.2 Å². The van der Waals surface area contributed by atoms with Crippen molar-refractivity contribution in [3.8, 4) is 11.6 Å². The first-order valence-electron chi connectivity index (χ1n) is 5.49. The van der Waals surface area contributed by atoms with E-state index in [4.69, 9.17) is 0 Å². The summed E-state index contributed by atoms with van der Waals surface area (Å²) in [6.07, 6.45) is 0.323. The first kappa shape index (κ1) is 14.1. The molecule has 0 aliphatic carbocycles. The third kappa shape index (κ3) is 2.40. The number of aromatic hydroxyl groups is 1. The Balaban J connectivity index is 2.91. The molecule has 0 atom stereocenters. The summed E-state index contributed by atoms with van der Waals surface area (Å²) in [6, 6.07) is 5.26. The van der Waals surface area contributed by atoms with E-state index in [1.54, 1.807) is 25.1 Å². The third-order valence-corrected chi connectivity index (χ3v) is 3.97. The van der Waals surface area contributed by atoms with E-state index >= 15 is 0 Å². The van der Waals surface area contributed by atoms with E-state index in [9.17, 15) is 14.7 Å². The van der Waals surface area contributed by atoms with Gasteiger partial charge in [-0.25, -0.2) is 9.36 Å². The smallest absolute Gasteiger partial charge is 0.335 e. The van der Waals surface area contributed by atoms with Crippen LogP contribution in [0.1, 0.15) is 12.5 Å². The number of benzene rings is 1. The molecular formula is C12H10Br2N2O3. The Morgan fingerprint density at radius 3 is 2.37 bits per heavy atom. The number of hydrogen-bond acceptors (Lipinski definition) is 3. The molecule has 0 bridgehead atoms. The molecule has 0 saturated heterocycles. The molecular weight excluding hydrogens is 380 g/mol. The lowest BCUT2D eigenvalue weighted by Gasteiger charge is -2.13. The van der Waals surface area contributed by atoms with Gasteiger partial charge in [-0.3, -0.25) is 9.78 Å². The van der Waals surface area contributed by atoms with Crippen molar-refractivity contribution in [3.63, 3.8) is 0 Å². The van der Waals surface area contributed by atoms with Crippen LogP contribution < -0.4 is 11.2 Å². The second kappa shape index (κ2) is 5.34. The highest BCUT2D eigenvalue weighted by atomic mass is 79.9. The Labute approximate surface area is 125 Å². The molecule has 0 aliphatic heterocycles. The van der Waals surface area contributed by atoms with Crippen LogP contribution in [0.2, 0.25) is 0 Å². The minimum absolute atomic E-state index is 0.169. The van der Waals surface area contributed by atoms with Crippen molar-refractivity contribution >= 4 is 31.9 Å². The van der Waals surface area contributed by atoms with E-state index in [1.807, 2.05) is 0 Å². The highest BCUT2D eigenvalue weighted by Crippen LogP contribution is 2.30. The first-order valence-corrected chi connectivity index (χ1v) is 7.07. The van der Waals surface area contributed by atoms with Crippen LogP contribution >= 0.6 is 31.9 Å². The maximum Gasteiger partial charge on any atom is 0.335 e. The van der Waals surface area contributed by atoms with Crippen LogP contribution in [-0.2, 0) is 6.42 Å². The topological polar surface area (TPSA) is 75.1 Å². The Kier molecular flexibility index (Phi) is 3.96. The molecule has 0 fully saturated rings. The normalized spacial score (nSPS) is 10.7. The second-order valence-electron chi connectivity index (χ2n) is 3.82. The van der Waals surface area contributed by atoms with Crippen LogP contribution in [0.25, 0.3) is 5.69 Å². The molecule has 0 amide bonds. The zero-order chi connectivity index (χ0) is 14.2. The number of rotatable bonds is 2. The lowest BCUT2D eigenvalue weighted by atomic mass is 10.2. The summed E-state index contributed by atoms with van der Waals surface area (Å²) >= 11 is 6.65. The fourth-order valence-electron chi connectivity index (χ4n) is 1.79. The van der Waals surface area contributed by atoms with Crippen molar-refractivity contribution in [2.24, 2.45) is 0 Å². The summed E-state index contributed by atoms with van der Waals surface area (Å²) in [5, 5.41) is 10.2. The van der Waals surface area contributed by atoms with Gasteiger partial charge in [0.05, 0.1) is 11.3 Å². The molecule has 0 radical (unpaired) electrons. The van der Waals surface area contributed by atoms with Gasteiger partial charge in [-0.1, -0.05) is 13.0 Å². The lowest BCUT2D eigenvalue weighted by molar-refractivity contribution is 0.423. The average Bonchev–Trinajstić information content (AvgIpc) is 2.33. The number of aromatic nitrogens is 2. The Bertz CT molecular complexity index is 729. The number of para-hydroxylation sites is 1. The van der Waals surface area contributed by atoms with Crippen LogP contribution in [0.4, 0.5) is 0 Å². The van der Waals surface area contributed by atoms with Crippen LogP contribution in [0, 0.1) is 0 Å². The SMILES string of the molecule is CCc1c(O)n(-c2c(Br)cccc2Br)c(=O)[nH]c1=O. The zero-order valence-electron chi connectivity index (χ0n) is 9.91. The summed E-state index contributed by atoms with van der Waals surface area (Å²) in [4.78, 5) is 25.7. The highest BCUT2D eigenvalue weighted by Gasteiger charge is 2.17. The van der Waals surface area contributed by atoms with E-state index in [0.29, 0.717) is 21.1 Å². The molecule has 1 heterocycles. The van der Waals surface area contributed by atoms with Crippen molar-refractivity contribution < 1.29 is 5.11 Å². The quantitative estimate of drug-likeness (QED) is 0.827. The van der Waals surface area contributed by atoms with Crippen molar-refractivity contribution in [2.45, 2.75) is 13.3 Å². The van der Waals surface area contributed by atoms with Gasteiger partial charge in [-0.2, -0.15) is 0 Å². The predicted octanol–water partition coefficient (Wildman–Crippen LogP) is 2.32. The molecule has 2 N–H and O–H groups in total. The molecule has 1 aromatic carbocycles. The van der Waals surface area contributed by atoms with Gasteiger partial charge in [0.25, 0.3) is 5.56 Å². The molecule has 19 heavy (non-hydrogen) atoms. The van der Waals surface area contributed by atoms with Crippen LogP contribution in [-0.4, -0.2) is 14.7 Å². The van der Waals surface area contributed by atoms with E-state index in [0.717, 1.165) is 4.57 Å². The van der Waals surface area contributed by atoms with Gasteiger partial charge in [-0.15, -0.1) is 0 Å². The van der Waals surface area contributed by atoms with Crippen molar-refractivity contribution in [2.75, 3.05) is 0 Å². The van der Waals surface area contributed by atoms with Gasteiger partial charge in [-0.05, 0) is 50.4 Å². The number of H-pyrrole nitrogens is 1. The van der Waals surface area contributed by atoms with Crippen LogP contribution in [0.5, 0.6) is 5.88 Å². The molecule has 1 aromatic heterocycles.